The van der Waals surface area contributed by atoms with Gasteiger partial charge in [-0.2, -0.15) is 10.1 Å². The molecule has 1 heterocycles. The Hall–Kier alpha value is -1.10. The molecule has 0 unspecified atom stereocenters. The van der Waals surface area contributed by atoms with Crippen molar-refractivity contribution < 1.29 is 4.74 Å². The summed E-state index contributed by atoms with van der Waals surface area (Å²) in [7, 11) is 1.76. The summed E-state index contributed by atoms with van der Waals surface area (Å²) < 4.78 is 7.03. The molecule has 0 aromatic carbocycles. The summed E-state index contributed by atoms with van der Waals surface area (Å²) in [4.78, 5) is 4.11. The Morgan fingerprint density at radius 1 is 1.54 bits per heavy atom. The number of hydrogen-bond acceptors (Lipinski definition) is 4. The average molecular weight is 184 g/mol. The first-order valence-electron chi connectivity index (χ1n) is 4.28. The maximum atomic E-state index is 5.57. The number of anilines is 1. The van der Waals surface area contributed by atoms with Crippen molar-refractivity contribution in [3.63, 3.8) is 0 Å². The second kappa shape index (κ2) is 3.33. The molecule has 1 aromatic rings. The Kier molecular flexibility index (Phi) is 2.56. The van der Waals surface area contributed by atoms with Crippen LogP contribution in [0.3, 0.4) is 0 Å². The number of aromatic nitrogens is 3. The minimum atomic E-state index is -0.468. The van der Waals surface area contributed by atoms with Crippen LogP contribution in [0.2, 0.25) is 0 Å². The van der Waals surface area contributed by atoms with Crippen LogP contribution in [0, 0.1) is 0 Å². The summed E-state index contributed by atoms with van der Waals surface area (Å²) in [5, 5.41) is 4.16. The number of nitrogens with two attached hydrogens (primary N) is 1. The van der Waals surface area contributed by atoms with Crippen LogP contribution < -0.4 is 5.73 Å². The van der Waals surface area contributed by atoms with Crippen LogP contribution in [0.4, 0.5) is 5.95 Å². The van der Waals surface area contributed by atoms with Gasteiger partial charge in [0.1, 0.15) is 5.60 Å². The van der Waals surface area contributed by atoms with Crippen molar-refractivity contribution in [1.82, 2.24) is 14.8 Å². The number of nitrogen functional groups attached to an aromatic ring is 1. The normalized spacial score (nSPS) is 12.0. The van der Waals surface area contributed by atoms with Crippen LogP contribution in [-0.4, -0.2) is 21.4 Å². The topological polar surface area (TPSA) is 66.0 Å². The van der Waals surface area contributed by atoms with Gasteiger partial charge >= 0.3 is 0 Å². The van der Waals surface area contributed by atoms with Gasteiger partial charge in [0, 0.05) is 13.7 Å². The molecule has 0 aliphatic carbocycles. The third-order valence-electron chi connectivity index (χ3n) is 1.84. The molecule has 0 spiro atoms. The van der Waals surface area contributed by atoms with Crippen LogP contribution in [0.5, 0.6) is 0 Å². The van der Waals surface area contributed by atoms with Crippen LogP contribution in [0.1, 0.15) is 26.6 Å². The molecule has 13 heavy (non-hydrogen) atoms. The predicted molar refractivity (Wildman–Crippen MR) is 50.1 cm³/mol. The van der Waals surface area contributed by atoms with E-state index in [1.165, 1.54) is 4.68 Å². The van der Waals surface area contributed by atoms with Gasteiger partial charge in [-0.15, -0.1) is 0 Å². The number of hydrogen-bond donors (Lipinski definition) is 1. The lowest BCUT2D eigenvalue weighted by Crippen LogP contribution is -2.23. The van der Waals surface area contributed by atoms with Gasteiger partial charge in [-0.3, -0.25) is 0 Å². The Balaban J connectivity index is 2.93. The van der Waals surface area contributed by atoms with Gasteiger partial charge in [-0.1, -0.05) is 0 Å². The van der Waals surface area contributed by atoms with E-state index in [9.17, 15) is 0 Å². The highest BCUT2D eigenvalue weighted by molar-refractivity contribution is 5.17. The van der Waals surface area contributed by atoms with Gasteiger partial charge in [0.25, 0.3) is 0 Å². The molecule has 0 atom stereocenters. The van der Waals surface area contributed by atoms with Gasteiger partial charge in [0.05, 0.1) is 0 Å². The van der Waals surface area contributed by atoms with Gasteiger partial charge in [0.15, 0.2) is 5.82 Å². The second-order valence-corrected chi connectivity index (χ2v) is 3.36. The molecule has 0 saturated heterocycles. The molecule has 0 aliphatic rings. The van der Waals surface area contributed by atoms with E-state index >= 15 is 0 Å². The van der Waals surface area contributed by atoms with Crippen molar-refractivity contribution in [2.75, 3.05) is 12.3 Å². The van der Waals surface area contributed by atoms with E-state index in [1.807, 2.05) is 20.8 Å². The lowest BCUT2D eigenvalue weighted by atomic mass is 10.1. The zero-order valence-corrected chi connectivity index (χ0v) is 8.53. The number of aryl methyl sites for hydroxylation is 1. The maximum Gasteiger partial charge on any atom is 0.218 e. The second-order valence-electron chi connectivity index (χ2n) is 3.36. The molecular formula is C8H16N4O. The minimum absolute atomic E-state index is 0.405. The number of nitrogens with zero attached hydrogens (tertiary/aromatic N) is 3. The molecule has 1 rings (SSSR count). The molecule has 0 saturated carbocycles. The van der Waals surface area contributed by atoms with Gasteiger partial charge in [-0.05, 0) is 20.8 Å². The molecule has 0 aliphatic heterocycles. The van der Waals surface area contributed by atoms with Crippen LogP contribution in [-0.2, 0) is 17.4 Å². The fourth-order valence-electron chi connectivity index (χ4n) is 1.08. The summed E-state index contributed by atoms with van der Waals surface area (Å²) in [6.45, 7) is 6.41. The maximum absolute atomic E-state index is 5.57. The predicted octanol–water partition coefficient (Wildman–Crippen LogP) is 0.669. The fraction of sp³-hybridized carbons (Fsp3) is 0.750. The summed E-state index contributed by atoms with van der Waals surface area (Å²) in [5.74, 6) is 1.03. The molecule has 0 fully saturated rings. The van der Waals surface area contributed by atoms with Gasteiger partial charge in [-0.25, -0.2) is 4.68 Å². The van der Waals surface area contributed by atoms with Crippen molar-refractivity contribution >= 4 is 5.95 Å². The van der Waals surface area contributed by atoms with Gasteiger partial charge in [0.2, 0.25) is 5.95 Å². The molecule has 5 nitrogen and oxygen atoms in total. The van der Waals surface area contributed by atoms with E-state index in [2.05, 4.69) is 10.1 Å². The number of ether oxygens (including phenoxy) is 1. The van der Waals surface area contributed by atoms with Crippen molar-refractivity contribution in [2.24, 2.45) is 7.05 Å². The first-order chi connectivity index (χ1) is 5.97. The molecule has 1 aromatic heterocycles. The Morgan fingerprint density at radius 3 is 2.54 bits per heavy atom. The van der Waals surface area contributed by atoms with Crippen molar-refractivity contribution in [2.45, 2.75) is 26.4 Å². The summed E-state index contributed by atoms with van der Waals surface area (Å²) in [6.07, 6.45) is 0. The molecule has 74 valence electrons. The first-order valence-corrected chi connectivity index (χ1v) is 4.28. The zero-order chi connectivity index (χ0) is 10.1. The fourth-order valence-corrected chi connectivity index (χ4v) is 1.08. The van der Waals surface area contributed by atoms with Crippen molar-refractivity contribution in [3.05, 3.63) is 5.82 Å². The number of rotatable bonds is 3. The standard InChI is InChI=1S/C8H16N4O/c1-5-13-8(2,3)6-10-7(9)12(4)11-6/h5H2,1-4H3,(H2,9,10,11). The summed E-state index contributed by atoms with van der Waals surface area (Å²) in [6, 6.07) is 0. The zero-order valence-electron chi connectivity index (χ0n) is 8.53. The van der Waals surface area contributed by atoms with E-state index in [0.29, 0.717) is 18.4 Å². The van der Waals surface area contributed by atoms with Crippen LogP contribution in [0.15, 0.2) is 0 Å². The highest BCUT2D eigenvalue weighted by Crippen LogP contribution is 2.21. The van der Waals surface area contributed by atoms with Crippen LogP contribution in [0.25, 0.3) is 0 Å². The first kappa shape index (κ1) is 9.98. The molecule has 5 heteroatoms. The van der Waals surface area contributed by atoms with Crippen molar-refractivity contribution in [3.8, 4) is 0 Å². The monoisotopic (exact) mass is 184 g/mol. The average Bonchev–Trinajstić information content (AvgIpc) is 2.33. The van der Waals surface area contributed by atoms with E-state index in [0.717, 1.165) is 0 Å². The lowest BCUT2D eigenvalue weighted by Gasteiger charge is -2.20. The third kappa shape index (κ3) is 1.98. The smallest absolute Gasteiger partial charge is 0.218 e. The highest BCUT2D eigenvalue weighted by Gasteiger charge is 2.26. The molecule has 0 radical (unpaired) electrons. The Morgan fingerprint density at radius 2 is 2.15 bits per heavy atom. The Bertz CT molecular complexity index is 273. The SMILES string of the molecule is CCOC(C)(C)c1nc(N)n(C)n1. The van der Waals surface area contributed by atoms with E-state index in [1.54, 1.807) is 7.05 Å². The van der Waals surface area contributed by atoms with E-state index in [4.69, 9.17) is 10.5 Å². The van der Waals surface area contributed by atoms with Crippen LogP contribution >= 0.6 is 0 Å². The van der Waals surface area contributed by atoms with Gasteiger partial charge < -0.3 is 10.5 Å². The molecular weight excluding hydrogens is 168 g/mol. The van der Waals surface area contributed by atoms with Crippen molar-refractivity contribution in [1.29, 1.82) is 0 Å². The van der Waals surface area contributed by atoms with E-state index < -0.39 is 5.60 Å². The summed E-state index contributed by atoms with van der Waals surface area (Å²) in [5.41, 5.74) is 5.10. The molecule has 0 amide bonds. The third-order valence-corrected chi connectivity index (χ3v) is 1.84. The summed E-state index contributed by atoms with van der Waals surface area (Å²) >= 11 is 0. The lowest BCUT2D eigenvalue weighted by molar-refractivity contribution is -0.0207. The molecule has 0 bridgehead atoms. The highest BCUT2D eigenvalue weighted by atomic mass is 16.5. The largest absolute Gasteiger partial charge is 0.368 e. The van der Waals surface area contributed by atoms with E-state index in [-0.39, 0.29) is 0 Å². The Labute approximate surface area is 77.9 Å². The quantitative estimate of drug-likeness (QED) is 0.749. The molecule has 2 N–H and O–H groups in total. The minimum Gasteiger partial charge on any atom is -0.368 e.